The molecule has 0 bridgehead atoms. The van der Waals surface area contributed by atoms with Crippen molar-refractivity contribution in [2.75, 3.05) is 20.3 Å². The van der Waals surface area contributed by atoms with Crippen molar-refractivity contribution >= 4 is 10.0 Å². The van der Waals surface area contributed by atoms with Gasteiger partial charge in [0, 0.05) is 37.5 Å². The van der Waals surface area contributed by atoms with Crippen LogP contribution in [0.3, 0.4) is 0 Å². The van der Waals surface area contributed by atoms with Crippen LogP contribution in [0, 0.1) is 6.92 Å². The zero-order valence-corrected chi connectivity index (χ0v) is 12.6. The number of ether oxygens (including phenoxy) is 1. The smallest absolute Gasteiger partial charge is 0.263 e. The van der Waals surface area contributed by atoms with Crippen LogP contribution >= 0.6 is 0 Å². The van der Waals surface area contributed by atoms with Crippen LogP contribution in [-0.2, 0) is 21.3 Å². The van der Waals surface area contributed by atoms with Crippen LogP contribution in [0.2, 0.25) is 0 Å². The van der Waals surface area contributed by atoms with Crippen LogP contribution in [0.1, 0.15) is 25.1 Å². The minimum absolute atomic E-state index is 0.0114. The second-order valence-electron chi connectivity index (χ2n) is 4.35. The number of aromatic nitrogens is 2. The highest BCUT2D eigenvalue weighted by Gasteiger charge is 2.32. The predicted molar refractivity (Wildman–Crippen MR) is 72.1 cm³/mol. The first kappa shape index (κ1) is 16.1. The van der Waals surface area contributed by atoms with Gasteiger partial charge in [-0.15, -0.1) is 0 Å². The Bertz CT molecular complexity index is 512. The van der Waals surface area contributed by atoms with Crippen LogP contribution in [0.5, 0.6) is 0 Å². The van der Waals surface area contributed by atoms with Crippen molar-refractivity contribution in [1.82, 2.24) is 14.5 Å². The second kappa shape index (κ2) is 6.47. The van der Waals surface area contributed by atoms with Crippen LogP contribution in [0.4, 0.5) is 0 Å². The van der Waals surface area contributed by atoms with E-state index in [-0.39, 0.29) is 17.6 Å². The van der Waals surface area contributed by atoms with Gasteiger partial charge in [-0.05, 0) is 13.8 Å². The largest absolute Gasteiger partial charge is 0.383 e. The molecular formula is C11H22N4O3S. The van der Waals surface area contributed by atoms with E-state index in [1.165, 1.54) is 4.31 Å². The van der Waals surface area contributed by atoms with Gasteiger partial charge in [-0.2, -0.15) is 9.40 Å². The Morgan fingerprint density at radius 2 is 2.16 bits per heavy atom. The number of nitrogens with two attached hydrogens (primary N) is 1. The van der Waals surface area contributed by atoms with E-state index in [9.17, 15) is 8.42 Å². The number of H-pyrrole nitrogens is 1. The summed E-state index contributed by atoms with van der Waals surface area (Å²) in [4.78, 5) is 0. The number of aromatic amines is 1. The summed E-state index contributed by atoms with van der Waals surface area (Å²) in [5, 5.41) is 6.58. The molecule has 1 unspecified atom stereocenters. The Kier molecular flexibility index (Phi) is 5.48. The molecule has 0 fully saturated rings. The van der Waals surface area contributed by atoms with E-state index in [2.05, 4.69) is 10.2 Å². The molecule has 3 N–H and O–H groups in total. The van der Waals surface area contributed by atoms with E-state index in [1.54, 1.807) is 27.9 Å². The van der Waals surface area contributed by atoms with Crippen molar-refractivity contribution in [3.63, 3.8) is 0 Å². The summed E-state index contributed by atoms with van der Waals surface area (Å²) in [5.41, 5.74) is 6.81. The number of hydrogen-bond donors (Lipinski definition) is 2. The van der Waals surface area contributed by atoms with Gasteiger partial charge < -0.3 is 10.5 Å². The second-order valence-corrected chi connectivity index (χ2v) is 6.16. The molecule has 0 aliphatic heterocycles. The molecule has 1 aromatic heterocycles. The van der Waals surface area contributed by atoms with Crippen LogP contribution < -0.4 is 5.73 Å². The fraction of sp³-hybridized carbons (Fsp3) is 0.727. The maximum atomic E-state index is 12.6. The van der Waals surface area contributed by atoms with E-state index in [4.69, 9.17) is 10.5 Å². The summed E-state index contributed by atoms with van der Waals surface area (Å²) in [6, 6.07) is -0.261. The molecule has 19 heavy (non-hydrogen) atoms. The van der Waals surface area contributed by atoms with Crippen molar-refractivity contribution in [3.05, 3.63) is 11.3 Å². The van der Waals surface area contributed by atoms with Gasteiger partial charge in [0.25, 0.3) is 10.0 Å². The lowest BCUT2D eigenvalue weighted by Crippen LogP contribution is -2.41. The third-order valence-corrected chi connectivity index (χ3v) is 5.07. The molecule has 0 saturated heterocycles. The summed E-state index contributed by atoms with van der Waals surface area (Å²) in [6.07, 6.45) is 0. The van der Waals surface area contributed by atoms with Crippen molar-refractivity contribution in [2.24, 2.45) is 5.73 Å². The van der Waals surface area contributed by atoms with Crippen molar-refractivity contribution < 1.29 is 13.2 Å². The van der Waals surface area contributed by atoms with Gasteiger partial charge in [0.05, 0.1) is 6.61 Å². The molecular weight excluding hydrogens is 268 g/mol. The zero-order chi connectivity index (χ0) is 14.6. The van der Waals surface area contributed by atoms with E-state index in [0.717, 1.165) is 0 Å². The number of nitrogens with one attached hydrogen (secondary N) is 1. The summed E-state index contributed by atoms with van der Waals surface area (Å²) < 4.78 is 31.6. The minimum atomic E-state index is -3.66. The summed E-state index contributed by atoms with van der Waals surface area (Å²) in [6.45, 7) is 6.14. The lowest BCUT2D eigenvalue weighted by Gasteiger charge is -2.26. The Morgan fingerprint density at radius 1 is 1.53 bits per heavy atom. The lowest BCUT2D eigenvalue weighted by molar-refractivity contribution is 0.142. The monoisotopic (exact) mass is 290 g/mol. The Hall–Kier alpha value is -0.960. The molecule has 1 rings (SSSR count). The van der Waals surface area contributed by atoms with Gasteiger partial charge in [-0.25, -0.2) is 8.42 Å². The fourth-order valence-corrected chi connectivity index (χ4v) is 3.84. The first-order valence-electron chi connectivity index (χ1n) is 6.14. The first-order valence-corrected chi connectivity index (χ1v) is 7.58. The SMILES string of the molecule is CCN(C(C)COC)S(=O)(=O)c1n[nH]c(C)c1CN. The van der Waals surface area contributed by atoms with Gasteiger partial charge in [-0.3, -0.25) is 5.10 Å². The number of methoxy groups -OCH3 is 1. The van der Waals surface area contributed by atoms with Crippen LogP contribution in [-0.4, -0.2) is 49.2 Å². The van der Waals surface area contributed by atoms with Crippen molar-refractivity contribution in [2.45, 2.75) is 38.4 Å². The Morgan fingerprint density at radius 3 is 2.63 bits per heavy atom. The lowest BCUT2D eigenvalue weighted by atomic mass is 10.3. The quantitative estimate of drug-likeness (QED) is 0.748. The molecule has 110 valence electrons. The fourth-order valence-electron chi connectivity index (χ4n) is 2.04. The highest BCUT2D eigenvalue weighted by molar-refractivity contribution is 7.89. The van der Waals surface area contributed by atoms with E-state index < -0.39 is 10.0 Å². The normalized spacial score (nSPS) is 14.0. The number of likely N-dealkylation sites (N-methyl/N-ethyl adjacent to an activating group) is 1. The topological polar surface area (TPSA) is 101 Å². The van der Waals surface area contributed by atoms with Gasteiger partial charge in [-0.1, -0.05) is 6.92 Å². The Balaban J connectivity index is 3.20. The highest BCUT2D eigenvalue weighted by Crippen LogP contribution is 2.21. The zero-order valence-electron chi connectivity index (χ0n) is 11.8. The Labute approximate surface area is 114 Å². The molecule has 1 heterocycles. The van der Waals surface area contributed by atoms with Crippen LogP contribution in [0.15, 0.2) is 5.03 Å². The highest BCUT2D eigenvalue weighted by atomic mass is 32.2. The molecule has 0 amide bonds. The summed E-state index contributed by atoms with van der Waals surface area (Å²) in [5.74, 6) is 0. The van der Waals surface area contributed by atoms with E-state index >= 15 is 0 Å². The number of hydrogen-bond acceptors (Lipinski definition) is 5. The number of sulfonamides is 1. The molecule has 0 saturated carbocycles. The molecule has 7 nitrogen and oxygen atoms in total. The molecule has 0 spiro atoms. The molecule has 0 aromatic carbocycles. The average molecular weight is 290 g/mol. The maximum absolute atomic E-state index is 12.6. The number of nitrogens with zero attached hydrogens (tertiary/aromatic N) is 2. The number of rotatable bonds is 7. The third kappa shape index (κ3) is 3.14. The molecule has 0 aliphatic carbocycles. The molecule has 0 aliphatic rings. The van der Waals surface area contributed by atoms with E-state index in [1.807, 2.05) is 0 Å². The average Bonchev–Trinajstić information content (AvgIpc) is 2.71. The molecule has 0 radical (unpaired) electrons. The maximum Gasteiger partial charge on any atom is 0.263 e. The third-order valence-electron chi connectivity index (χ3n) is 3.00. The number of aryl methyl sites for hydroxylation is 1. The van der Waals surface area contributed by atoms with E-state index in [0.29, 0.717) is 24.4 Å². The van der Waals surface area contributed by atoms with Gasteiger partial charge >= 0.3 is 0 Å². The minimum Gasteiger partial charge on any atom is -0.383 e. The van der Waals surface area contributed by atoms with Crippen LogP contribution in [0.25, 0.3) is 0 Å². The first-order chi connectivity index (χ1) is 8.89. The summed E-state index contributed by atoms with van der Waals surface area (Å²) in [7, 11) is -2.12. The molecule has 8 heteroatoms. The molecule has 1 aromatic rings. The standard InChI is InChI=1S/C11H22N4O3S/c1-5-15(8(2)7-18-4)19(16,17)11-10(6-12)9(3)13-14-11/h8H,5-7,12H2,1-4H3,(H,13,14). The van der Waals surface area contributed by atoms with Gasteiger partial charge in [0.2, 0.25) is 0 Å². The van der Waals surface area contributed by atoms with Gasteiger partial charge in [0.1, 0.15) is 0 Å². The van der Waals surface area contributed by atoms with Crippen molar-refractivity contribution in [3.8, 4) is 0 Å². The molecule has 1 atom stereocenters. The summed E-state index contributed by atoms with van der Waals surface area (Å²) >= 11 is 0. The van der Waals surface area contributed by atoms with Crippen molar-refractivity contribution in [1.29, 1.82) is 0 Å². The predicted octanol–water partition coefficient (Wildman–Crippen LogP) is 0.222. The van der Waals surface area contributed by atoms with Gasteiger partial charge in [0.15, 0.2) is 5.03 Å².